The molecule has 0 spiro atoms. The van der Waals surface area contributed by atoms with Crippen molar-refractivity contribution in [1.29, 1.82) is 0 Å². The molecule has 7 nitrogen and oxygen atoms in total. The topological polar surface area (TPSA) is 80.1 Å². The van der Waals surface area contributed by atoms with E-state index < -0.39 is 0 Å². The third kappa shape index (κ3) is 3.03. The summed E-state index contributed by atoms with van der Waals surface area (Å²) >= 11 is 0. The maximum Gasteiger partial charge on any atom is 0.243 e. The maximum atomic E-state index is 12.3. The summed E-state index contributed by atoms with van der Waals surface area (Å²) in [5.74, 6) is -0.138. The molecule has 1 aliphatic heterocycles. The van der Waals surface area contributed by atoms with Crippen molar-refractivity contribution in [3.8, 4) is 0 Å². The molecule has 0 aliphatic carbocycles. The number of nitrogens with zero attached hydrogens (tertiary/aromatic N) is 4. The van der Waals surface area contributed by atoms with Gasteiger partial charge in [0.2, 0.25) is 11.8 Å². The van der Waals surface area contributed by atoms with Gasteiger partial charge >= 0.3 is 0 Å². The Morgan fingerprint density at radius 3 is 2.50 bits per heavy atom. The second kappa shape index (κ2) is 6.59. The zero-order chi connectivity index (χ0) is 18.1. The van der Waals surface area contributed by atoms with Crippen LogP contribution < -0.4 is 10.2 Å². The molecule has 2 amide bonds. The molecule has 0 fully saturated rings. The first-order chi connectivity index (χ1) is 12.6. The molecule has 1 N–H and O–H groups in total. The molecule has 0 radical (unpaired) electrons. The molecule has 1 aliphatic rings. The number of nitrogens with one attached hydrogen (secondary N) is 1. The second-order valence-corrected chi connectivity index (χ2v) is 6.44. The predicted molar refractivity (Wildman–Crippen MR) is 97.7 cm³/mol. The Labute approximate surface area is 150 Å². The van der Waals surface area contributed by atoms with Crippen LogP contribution in [0.4, 0.5) is 5.69 Å². The van der Waals surface area contributed by atoms with Gasteiger partial charge in [-0.25, -0.2) is 0 Å². The van der Waals surface area contributed by atoms with Gasteiger partial charge in [-0.05, 0) is 23.8 Å². The first-order valence-corrected chi connectivity index (χ1v) is 8.54. The van der Waals surface area contributed by atoms with Gasteiger partial charge in [0.25, 0.3) is 0 Å². The average Bonchev–Trinajstić information content (AvgIpc) is 3.05. The number of aromatic nitrogens is 3. The lowest BCUT2D eigenvalue weighted by molar-refractivity contribution is -0.123. The number of amides is 2. The molecular formula is C19H19N5O2. The summed E-state index contributed by atoms with van der Waals surface area (Å²) < 4.78 is 0. The number of carbonyl (C=O) groups is 2. The maximum absolute atomic E-state index is 12.3. The van der Waals surface area contributed by atoms with E-state index in [1.165, 1.54) is 4.80 Å². The lowest BCUT2D eigenvalue weighted by Gasteiger charge is -2.31. The number of hydrogen-bond acceptors (Lipinski definition) is 4. The van der Waals surface area contributed by atoms with Gasteiger partial charge in [-0.2, -0.15) is 15.0 Å². The quantitative estimate of drug-likeness (QED) is 0.777. The summed E-state index contributed by atoms with van der Waals surface area (Å²) in [5.41, 5.74) is 3.51. The monoisotopic (exact) mass is 349 g/mol. The Kier molecular flexibility index (Phi) is 4.12. The van der Waals surface area contributed by atoms with E-state index >= 15 is 0 Å². The predicted octanol–water partition coefficient (Wildman–Crippen LogP) is 1.70. The van der Waals surface area contributed by atoms with Gasteiger partial charge in [0.05, 0.1) is 0 Å². The largest absolute Gasteiger partial charge is 0.354 e. The molecule has 1 aromatic heterocycles. The number of carbonyl (C=O) groups excluding carboxylic acids is 2. The third-order valence-corrected chi connectivity index (χ3v) is 4.69. The van der Waals surface area contributed by atoms with Crippen LogP contribution in [-0.4, -0.2) is 40.4 Å². The second-order valence-electron chi connectivity index (χ2n) is 6.44. The van der Waals surface area contributed by atoms with Crippen molar-refractivity contribution in [2.45, 2.75) is 18.9 Å². The molecule has 26 heavy (non-hydrogen) atoms. The number of benzene rings is 2. The van der Waals surface area contributed by atoms with Crippen molar-refractivity contribution < 1.29 is 9.59 Å². The molecule has 0 saturated heterocycles. The summed E-state index contributed by atoms with van der Waals surface area (Å²) in [5, 5.41) is 11.5. The molecule has 2 heterocycles. The minimum Gasteiger partial charge on any atom is -0.354 e. The molecule has 4 rings (SSSR count). The van der Waals surface area contributed by atoms with Gasteiger partial charge in [-0.15, -0.1) is 0 Å². The Morgan fingerprint density at radius 2 is 1.77 bits per heavy atom. The molecule has 1 atom stereocenters. The van der Waals surface area contributed by atoms with E-state index in [2.05, 4.69) is 15.5 Å². The fourth-order valence-electron chi connectivity index (χ4n) is 3.31. The highest BCUT2D eigenvalue weighted by atomic mass is 16.2. The number of anilines is 1. The van der Waals surface area contributed by atoms with Crippen molar-refractivity contribution >= 4 is 28.5 Å². The first kappa shape index (κ1) is 16.3. The zero-order valence-electron chi connectivity index (χ0n) is 14.4. The van der Waals surface area contributed by atoms with Crippen LogP contribution in [0.15, 0.2) is 48.5 Å². The van der Waals surface area contributed by atoms with E-state index in [4.69, 9.17) is 0 Å². The number of rotatable bonds is 4. The Balaban J connectivity index is 1.43. The standard InChI is InChI=1S/C19H19N5O2/c1-23-17-9-5-2-6-14(17)13(10-19(23)26)11-20-18(25)12-24-21-15-7-3-4-8-16(15)22-24/h2-9,13H,10-12H2,1H3,(H,20,25)/t13-/m0/s1. The summed E-state index contributed by atoms with van der Waals surface area (Å²) in [6.07, 6.45) is 0.387. The third-order valence-electron chi connectivity index (χ3n) is 4.69. The molecule has 0 saturated carbocycles. The Morgan fingerprint density at radius 1 is 1.12 bits per heavy atom. The van der Waals surface area contributed by atoms with E-state index in [-0.39, 0.29) is 24.3 Å². The van der Waals surface area contributed by atoms with Gasteiger partial charge < -0.3 is 10.2 Å². The minimum atomic E-state index is -0.172. The Bertz CT molecular complexity index is 948. The van der Waals surface area contributed by atoms with Crippen molar-refractivity contribution in [3.63, 3.8) is 0 Å². The molecule has 7 heteroatoms. The Hall–Kier alpha value is -3.22. The number of fused-ring (bicyclic) bond motifs is 2. The van der Waals surface area contributed by atoms with Crippen molar-refractivity contribution in [2.75, 3.05) is 18.5 Å². The van der Waals surface area contributed by atoms with E-state index in [0.29, 0.717) is 13.0 Å². The molecule has 0 bridgehead atoms. The number of para-hydroxylation sites is 1. The van der Waals surface area contributed by atoms with Crippen LogP contribution in [0.5, 0.6) is 0 Å². The SMILES string of the molecule is CN1C(=O)C[C@@H](CNC(=O)Cn2nc3ccccc3n2)c2ccccc21. The van der Waals surface area contributed by atoms with Gasteiger partial charge in [0, 0.05) is 31.6 Å². The highest BCUT2D eigenvalue weighted by Gasteiger charge is 2.28. The minimum absolute atomic E-state index is 0.0245. The van der Waals surface area contributed by atoms with Crippen molar-refractivity contribution in [3.05, 3.63) is 54.1 Å². The van der Waals surface area contributed by atoms with Crippen molar-refractivity contribution in [1.82, 2.24) is 20.3 Å². The molecule has 2 aromatic carbocycles. The smallest absolute Gasteiger partial charge is 0.243 e. The van der Waals surface area contributed by atoms with Crippen LogP contribution >= 0.6 is 0 Å². The lowest BCUT2D eigenvalue weighted by Crippen LogP contribution is -2.38. The first-order valence-electron chi connectivity index (χ1n) is 8.54. The summed E-state index contributed by atoms with van der Waals surface area (Å²) in [4.78, 5) is 27.5. The molecule has 3 aromatic rings. The fourth-order valence-corrected chi connectivity index (χ4v) is 3.31. The van der Waals surface area contributed by atoms with Gasteiger partial charge in [0.1, 0.15) is 17.6 Å². The average molecular weight is 349 g/mol. The van der Waals surface area contributed by atoms with Crippen LogP contribution in [0, 0.1) is 0 Å². The van der Waals surface area contributed by atoms with Crippen LogP contribution in [0.1, 0.15) is 17.9 Å². The zero-order valence-corrected chi connectivity index (χ0v) is 14.4. The fraction of sp³-hybridized carbons (Fsp3) is 0.263. The van der Waals surface area contributed by atoms with Gasteiger partial charge in [-0.3, -0.25) is 9.59 Å². The highest BCUT2D eigenvalue weighted by Crippen LogP contribution is 2.34. The number of hydrogen-bond donors (Lipinski definition) is 1. The van der Waals surface area contributed by atoms with E-state index in [1.807, 2.05) is 48.5 Å². The van der Waals surface area contributed by atoms with Crippen LogP contribution in [0.2, 0.25) is 0 Å². The highest BCUT2D eigenvalue weighted by molar-refractivity contribution is 5.96. The van der Waals surface area contributed by atoms with E-state index in [1.54, 1.807) is 11.9 Å². The summed E-state index contributed by atoms with van der Waals surface area (Å²) in [6, 6.07) is 15.3. The lowest BCUT2D eigenvalue weighted by atomic mass is 9.89. The van der Waals surface area contributed by atoms with Crippen molar-refractivity contribution in [2.24, 2.45) is 0 Å². The molecule has 132 valence electrons. The summed E-state index contributed by atoms with van der Waals surface area (Å²) in [6.45, 7) is 0.465. The molecule has 0 unspecified atom stereocenters. The normalized spacial score (nSPS) is 16.6. The van der Waals surface area contributed by atoms with Gasteiger partial charge in [0.15, 0.2) is 0 Å². The van der Waals surface area contributed by atoms with Crippen LogP contribution in [0.25, 0.3) is 11.0 Å². The van der Waals surface area contributed by atoms with E-state index in [0.717, 1.165) is 22.3 Å². The van der Waals surface area contributed by atoms with E-state index in [9.17, 15) is 9.59 Å². The van der Waals surface area contributed by atoms with Gasteiger partial charge in [-0.1, -0.05) is 30.3 Å². The van der Waals surface area contributed by atoms with Crippen LogP contribution in [-0.2, 0) is 16.1 Å². The van der Waals surface area contributed by atoms with Crippen LogP contribution in [0.3, 0.4) is 0 Å². The summed E-state index contributed by atoms with van der Waals surface area (Å²) in [7, 11) is 1.78. The molecular weight excluding hydrogens is 330 g/mol.